The van der Waals surface area contributed by atoms with Gasteiger partial charge in [0.2, 0.25) is 5.75 Å². The van der Waals surface area contributed by atoms with Crippen LogP contribution < -0.4 is 9.61 Å². The predicted octanol–water partition coefficient (Wildman–Crippen LogP) is 4.24. The van der Waals surface area contributed by atoms with Crippen molar-refractivity contribution in [3.05, 3.63) is 64.9 Å². The van der Waals surface area contributed by atoms with E-state index < -0.39 is 26.0 Å². The Kier molecular flexibility index (Phi) is 6.67. The van der Waals surface area contributed by atoms with Gasteiger partial charge in [-0.15, -0.1) is 0 Å². The minimum absolute atomic E-state index is 0.0144. The van der Waals surface area contributed by atoms with Crippen molar-refractivity contribution in [1.82, 2.24) is 5.09 Å². The van der Waals surface area contributed by atoms with Crippen molar-refractivity contribution in [3.63, 3.8) is 0 Å². The van der Waals surface area contributed by atoms with Crippen molar-refractivity contribution in [2.24, 2.45) is 0 Å². The molecule has 24 heavy (non-hydrogen) atoms. The molecule has 0 fully saturated rings. The molecule has 0 heterocycles. The van der Waals surface area contributed by atoms with E-state index in [0.29, 0.717) is 0 Å². The third-order valence-electron chi connectivity index (χ3n) is 2.95. The summed E-state index contributed by atoms with van der Waals surface area (Å²) in [4.78, 5) is 11.9. The number of carbonyl (C=O) groups is 1. The van der Waals surface area contributed by atoms with Crippen molar-refractivity contribution in [1.29, 1.82) is 0 Å². The van der Waals surface area contributed by atoms with E-state index in [4.69, 9.17) is 20.9 Å². The van der Waals surface area contributed by atoms with Crippen LogP contribution in [0.15, 0.2) is 48.5 Å². The Morgan fingerprint density at radius 1 is 1.29 bits per heavy atom. The van der Waals surface area contributed by atoms with E-state index in [1.807, 2.05) is 30.3 Å². The number of halogens is 2. The second kappa shape index (κ2) is 8.73. The number of benzene rings is 2. The van der Waals surface area contributed by atoms with Gasteiger partial charge in [0.1, 0.15) is 18.5 Å². The smallest absolute Gasteiger partial charge is 0.460 e. The number of ether oxygens (including phenoxy) is 1. The van der Waals surface area contributed by atoms with Crippen LogP contribution in [-0.2, 0) is 20.7 Å². The van der Waals surface area contributed by atoms with Gasteiger partial charge in [-0.3, -0.25) is 4.79 Å². The lowest BCUT2D eigenvalue weighted by molar-refractivity contribution is -0.146. The number of hydrogen-bond donors (Lipinski definition) is 1. The van der Waals surface area contributed by atoms with Crippen LogP contribution in [0, 0.1) is 5.82 Å². The van der Waals surface area contributed by atoms with Gasteiger partial charge >= 0.3 is 14.1 Å². The van der Waals surface area contributed by atoms with Crippen LogP contribution in [0.3, 0.4) is 0 Å². The average Bonchev–Trinajstić information content (AvgIpc) is 2.56. The fourth-order valence-electron chi connectivity index (χ4n) is 1.73. The lowest BCUT2D eigenvalue weighted by Crippen LogP contribution is -2.31. The molecule has 0 saturated carbocycles. The first kappa shape index (κ1) is 18.3. The molecule has 2 aromatic rings. The van der Waals surface area contributed by atoms with Crippen LogP contribution in [0.4, 0.5) is 4.39 Å². The monoisotopic (exact) mass is 370 g/mol. The molecule has 0 aliphatic rings. The van der Waals surface area contributed by atoms with Gasteiger partial charge in [-0.2, -0.15) is 0 Å². The maximum atomic E-state index is 12.9. The summed E-state index contributed by atoms with van der Waals surface area (Å²) in [6.07, 6.45) is 0. The molecule has 0 spiro atoms. The Labute approximate surface area is 144 Å². The highest BCUT2D eigenvalue weighted by atomic mass is 35.5. The highest BCUT2D eigenvalue weighted by Gasteiger charge is 2.29. The van der Waals surface area contributed by atoms with Crippen LogP contribution in [0.5, 0.6) is 5.75 Å². The van der Waals surface area contributed by atoms with Crippen molar-refractivity contribution in [3.8, 4) is 5.75 Å². The largest absolute Gasteiger partial charge is 0.664 e. The van der Waals surface area contributed by atoms with Gasteiger partial charge in [0, 0.05) is 4.57 Å². The van der Waals surface area contributed by atoms with Crippen molar-refractivity contribution in [2.75, 3.05) is 0 Å². The molecule has 0 saturated heterocycles. The van der Waals surface area contributed by atoms with E-state index in [0.717, 1.165) is 17.7 Å². The van der Waals surface area contributed by atoms with Gasteiger partial charge in [-0.05, 0) is 30.7 Å². The number of esters is 1. The molecule has 2 rings (SSSR count). The topological polar surface area (TPSA) is 64.6 Å². The molecular formula is C16H15ClFNO4P+. The summed E-state index contributed by atoms with van der Waals surface area (Å²) in [6.45, 7) is 1.61. The van der Waals surface area contributed by atoms with E-state index >= 15 is 0 Å². The Balaban J connectivity index is 1.83. The van der Waals surface area contributed by atoms with Gasteiger partial charge in [0.25, 0.3) is 0 Å². The first-order valence-corrected chi connectivity index (χ1v) is 8.58. The Hall–Kier alpha value is -2.01. The van der Waals surface area contributed by atoms with E-state index in [2.05, 4.69) is 5.09 Å². The summed E-state index contributed by atoms with van der Waals surface area (Å²) in [5.41, 5.74) is 0.844. The summed E-state index contributed by atoms with van der Waals surface area (Å²) in [5.74, 6) is -1.05. The van der Waals surface area contributed by atoms with Gasteiger partial charge in [0.15, 0.2) is 0 Å². The second-order valence-electron chi connectivity index (χ2n) is 4.87. The van der Waals surface area contributed by atoms with Crippen LogP contribution >= 0.6 is 19.8 Å². The molecule has 0 radical (unpaired) electrons. The normalized spacial score (nSPS) is 12.4. The third-order valence-corrected chi connectivity index (χ3v) is 4.21. The van der Waals surface area contributed by atoms with E-state index in [1.165, 1.54) is 13.0 Å². The fourth-order valence-corrected chi connectivity index (χ4v) is 2.80. The molecule has 2 aromatic carbocycles. The molecule has 8 heteroatoms. The molecular weight excluding hydrogens is 356 g/mol. The standard InChI is InChI=1S/C16H15ClFNO4P/c1-11(16(20)22-10-12-5-3-2-4-6-12)19-24(21)23-15-8-7-13(18)9-14(15)17/h2-9,11H,10H2,1H3,(H,19,21)/q+1/t11-/m0/s1. The van der Waals surface area contributed by atoms with E-state index in [-0.39, 0.29) is 17.4 Å². The van der Waals surface area contributed by atoms with Crippen LogP contribution in [-0.4, -0.2) is 12.0 Å². The van der Waals surface area contributed by atoms with Crippen LogP contribution in [0.2, 0.25) is 5.02 Å². The summed E-state index contributed by atoms with van der Waals surface area (Å²) in [6, 6.07) is 11.8. The fraction of sp³-hybridized carbons (Fsp3) is 0.188. The van der Waals surface area contributed by atoms with Crippen LogP contribution in [0.1, 0.15) is 12.5 Å². The average molecular weight is 371 g/mol. The zero-order chi connectivity index (χ0) is 17.5. The lowest BCUT2D eigenvalue weighted by atomic mass is 10.2. The van der Waals surface area contributed by atoms with Crippen molar-refractivity contribution >= 4 is 25.7 Å². The van der Waals surface area contributed by atoms with Gasteiger partial charge in [-0.25, -0.2) is 8.91 Å². The minimum Gasteiger partial charge on any atom is -0.460 e. The summed E-state index contributed by atoms with van der Waals surface area (Å²) in [7, 11) is -2.43. The lowest BCUT2D eigenvalue weighted by Gasteiger charge is -2.08. The molecule has 1 unspecified atom stereocenters. The maximum absolute atomic E-state index is 12.9. The van der Waals surface area contributed by atoms with Gasteiger partial charge in [0.05, 0.1) is 5.02 Å². The van der Waals surface area contributed by atoms with Gasteiger partial charge in [-0.1, -0.05) is 47.0 Å². The SMILES string of the molecule is C[C@H](N[P+](=O)Oc1ccc(F)cc1Cl)C(=O)OCc1ccccc1. The molecule has 1 N–H and O–H groups in total. The highest BCUT2D eigenvalue weighted by Crippen LogP contribution is 2.31. The summed E-state index contributed by atoms with van der Waals surface area (Å²) < 4.78 is 35.0. The Bertz CT molecular complexity index is 729. The first-order valence-electron chi connectivity index (χ1n) is 7.02. The highest BCUT2D eigenvalue weighted by molar-refractivity contribution is 7.37. The Morgan fingerprint density at radius 2 is 2.00 bits per heavy atom. The summed E-state index contributed by atoms with van der Waals surface area (Å²) >= 11 is 5.78. The molecule has 0 aromatic heterocycles. The van der Waals surface area contributed by atoms with Crippen molar-refractivity contribution in [2.45, 2.75) is 19.6 Å². The second-order valence-corrected chi connectivity index (χ2v) is 6.23. The molecule has 0 aliphatic heterocycles. The molecule has 2 atom stereocenters. The van der Waals surface area contributed by atoms with E-state index in [9.17, 15) is 13.8 Å². The molecule has 5 nitrogen and oxygen atoms in total. The van der Waals surface area contributed by atoms with E-state index in [1.54, 1.807) is 0 Å². The third kappa shape index (κ3) is 5.57. The number of hydrogen-bond acceptors (Lipinski definition) is 4. The number of rotatable bonds is 7. The zero-order valence-electron chi connectivity index (χ0n) is 12.7. The molecule has 0 bridgehead atoms. The molecule has 126 valence electrons. The van der Waals surface area contributed by atoms with Gasteiger partial charge < -0.3 is 4.74 Å². The summed E-state index contributed by atoms with van der Waals surface area (Å²) in [5, 5.41) is 2.45. The predicted molar refractivity (Wildman–Crippen MR) is 88.5 cm³/mol. The minimum atomic E-state index is -2.43. The van der Waals surface area contributed by atoms with Crippen molar-refractivity contribution < 1.29 is 23.0 Å². The first-order chi connectivity index (χ1) is 11.5. The quantitative estimate of drug-likeness (QED) is 0.583. The number of nitrogens with one attached hydrogen (secondary N) is 1. The zero-order valence-corrected chi connectivity index (χ0v) is 14.4. The maximum Gasteiger partial charge on any atom is 0.664 e. The Morgan fingerprint density at radius 3 is 2.67 bits per heavy atom. The number of carbonyl (C=O) groups excluding carboxylic acids is 1. The molecule has 0 amide bonds. The molecule has 0 aliphatic carbocycles. The van der Waals surface area contributed by atoms with Crippen LogP contribution in [0.25, 0.3) is 0 Å².